The van der Waals surface area contributed by atoms with Crippen LogP contribution in [0.4, 0.5) is 0 Å². The third kappa shape index (κ3) is 3.94. The van der Waals surface area contributed by atoms with E-state index in [2.05, 4.69) is 16.3 Å². The van der Waals surface area contributed by atoms with Crippen molar-refractivity contribution in [2.24, 2.45) is 0 Å². The number of aromatic nitrogens is 1. The molecule has 0 fully saturated rings. The molecule has 0 aliphatic heterocycles. The topological polar surface area (TPSA) is 85.5 Å². The summed E-state index contributed by atoms with van der Waals surface area (Å²) in [5.74, 6) is -1.36. The summed E-state index contributed by atoms with van der Waals surface area (Å²) in [5.41, 5.74) is -0.622. The van der Waals surface area contributed by atoms with Gasteiger partial charge in [-0.3, -0.25) is 4.79 Å². The molecule has 0 saturated heterocycles. The van der Waals surface area contributed by atoms with Gasteiger partial charge in [0.05, 0.1) is 0 Å². The summed E-state index contributed by atoms with van der Waals surface area (Å²) in [6.07, 6.45) is 2.41. The number of pyridine rings is 1. The van der Waals surface area contributed by atoms with E-state index >= 15 is 0 Å². The molecule has 0 radical (unpaired) electrons. The Morgan fingerprint density at radius 3 is 2.71 bits per heavy atom. The quantitative estimate of drug-likeness (QED) is 0.451. The fraction of sp³-hybridized carbons (Fsp3) is 0.182. The van der Waals surface area contributed by atoms with Crippen LogP contribution in [0.3, 0.4) is 0 Å². The van der Waals surface area contributed by atoms with E-state index in [1.807, 2.05) is 0 Å². The number of hydrogen-bond donors (Lipinski definition) is 1. The van der Waals surface area contributed by atoms with E-state index in [1.165, 1.54) is 18.3 Å². The molecule has 1 aromatic rings. The van der Waals surface area contributed by atoms with Gasteiger partial charge in [-0.25, -0.2) is 9.59 Å². The predicted molar refractivity (Wildman–Crippen MR) is 58.5 cm³/mol. The number of esters is 2. The molecule has 1 N–H and O–H groups in total. The summed E-state index contributed by atoms with van der Waals surface area (Å²) in [5, 5.41) is 0. The molecule has 1 rings (SSSR count). The van der Waals surface area contributed by atoms with Crippen LogP contribution in [-0.2, 0) is 14.3 Å². The van der Waals surface area contributed by atoms with Gasteiger partial charge in [0, 0.05) is 12.3 Å². The normalized spacial score (nSPS) is 9.41. The van der Waals surface area contributed by atoms with Gasteiger partial charge in [-0.2, -0.15) is 0 Å². The fourth-order valence-electron chi connectivity index (χ4n) is 0.996. The molecule has 6 nitrogen and oxygen atoms in total. The van der Waals surface area contributed by atoms with Gasteiger partial charge in [-0.05, 0) is 12.1 Å². The summed E-state index contributed by atoms with van der Waals surface area (Å²) in [6, 6.07) is 2.85. The Kier molecular flexibility index (Phi) is 4.68. The lowest BCUT2D eigenvalue weighted by Gasteiger charge is -2.04. The smallest absolute Gasteiger partial charge is 0.343 e. The van der Waals surface area contributed by atoms with E-state index in [0.717, 1.165) is 6.08 Å². The summed E-state index contributed by atoms with van der Waals surface area (Å²) >= 11 is 0. The second-order valence-corrected chi connectivity index (χ2v) is 2.92. The van der Waals surface area contributed by atoms with Crippen LogP contribution in [-0.4, -0.2) is 30.1 Å². The standard InChI is InChI=1S/C11H11NO5/c1-2-9(13)16-6-7-17-11(15)8-4-3-5-12-10(8)14/h2-5H,1,6-7H2,(H,12,14). The predicted octanol–water partition coefficient (Wildman–Crippen LogP) is 0.261. The molecule has 0 bridgehead atoms. The van der Waals surface area contributed by atoms with Gasteiger partial charge >= 0.3 is 11.9 Å². The molecule has 0 saturated carbocycles. The number of carbonyl (C=O) groups excluding carboxylic acids is 2. The number of rotatable bonds is 5. The monoisotopic (exact) mass is 237 g/mol. The van der Waals surface area contributed by atoms with Crippen molar-refractivity contribution < 1.29 is 19.1 Å². The van der Waals surface area contributed by atoms with Crippen molar-refractivity contribution in [1.82, 2.24) is 4.98 Å². The van der Waals surface area contributed by atoms with Gasteiger partial charge in [-0.15, -0.1) is 0 Å². The molecule has 17 heavy (non-hydrogen) atoms. The zero-order valence-electron chi connectivity index (χ0n) is 8.97. The minimum atomic E-state index is -0.762. The lowest BCUT2D eigenvalue weighted by Crippen LogP contribution is -2.20. The Bertz CT molecular complexity index is 477. The number of nitrogens with one attached hydrogen (secondary N) is 1. The summed E-state index contributed by atoms with van der Waals surface area (Å²) in [4.78, 5) is 35.6. The van der Waals surface area contributed by atoms with Crippen LogP contribution >= 0.6 is 0 Å². The first-order valence-corrected chi connectivity index (χ1v) is 4.79. The maximum atomic E-state index is 11.4. The van der Waals surface area contributed by atoms with E-state index in [0.29, 0.717) is 0 Å². The molecule has 1 heterocycles. The highest BCUT2D eigenvalue weighted by molar-refractivity contribution is 5.88. The minimum absolute atomic E-state index is 0.0820. The SMILES string of the molecule is C=CC(=O)OCCOC(=O)c1ccc[nH]c1=O. The molecule has 0 amide bonds. The van der Waals surface area contributed by atoms with Crippen LogP contribution in [0.5, 0.6) is 0 Å². The summed E-state index contributed by atoms with van der Waals surface area (Å²) in [7, 11) is 0. The van der Waals surface area contributed by atoms with Crippen molar-refractivity contribution >= 4 is 11.9 Å². The van der Waals surface area contributed by atoms with Crippen LogP contribution in [0, 0.1) is 0 Å². The molecule has 90 valence electrons. The van der Waals surface area contributed by atoms with Crippen molar-refractivity contribution in [3.05, 3.63) is 46.9 Å². The summed E-state index contributed by atoms with van der Waals surface area (Å²) in [6.45, 7) is 3.01. The Balaban J connectivity index is 2.41. The van der Waals surface area contributed by atoms with Crippen molar-refractivity contribution in [3.63, 3.8) is 0 Å². The van der Waals surface area contributed by atoms with Gasteiger partial charge in [0.25, 0.3) is 5.56 Å². The van der Waals surface area contributed by atoms with Gasteiger partial charge in [-0.1, -0.05) is 6.58 Å². The zero-order valence-corrected chi connectivity index (χ0v) is 8.97. The molecule has 0 aliphatic carbocycles. The first kappa shape index (κ1) is 12.7. The van der Waals surface area contributed by atoms with Crippen LogP contribution in [0.1, 0.15) is 10.4 Å². The Morgan fingerprint density at radius 2 is 2.06 bits per heavy atom. The second-order valence-electron chi connectivity index (χ2n) is 2.92. The number of ether oxygens (including phenoxy) is 2. The van der Waals surface area contributed by atoms with Crippen molar-refractivity contribution in [3.8, 4) is 0 Å². The lowest BCUT2D eigenvalue weighted by atomic mass is 10.3. The lowest BCUT2D eigenvalue weighted by molar-refractivity contribution is -0.138. The minimum Gasteiger partial charge on any atom is -0.459 e. The highest BCUT2D eigenvalue weighted by Gasteiger charge is 2.10. The number of carbonyl (C=O) groups is 2. The average Bonchev–Trinajstić information content (AvgIpc) is 2.34. The molecule has 0 aliphatic rings. The van der Waals surface area contributed by atoms with Crippen molar-refractivity contribution in [1.29, 1.82) is 0 Å². The Hall–Kier alpha value is -2.37. The molecule has 0 aromatic carbocycles. The first-order valence-electron chi connectivity index (χ1n) is 4.79. The van der Waals surface area contributed by atoms with E-state index in [4.69, 9.17) is 4.74 Å². The molecule has 6 heteroatoms. The van der Waals surface area contributed by atoms with Crippen LogP contribution in [0.25, 0.3) is 0 Å². The number of aromatic amines is 1. The van der Waals surface area contributed by atoms with E-state index in [9.17, 15) is 14.4 Å². The largest absolute Gasteiger partial charge is 0.459 e. The van der Waals surface area contributed by atoms with Gasteiger partial charge in [0.2, 0.25) is 0 Å². The molecule has 0 spiro atoms. The molecular formula is C11H11NO5. The molecular weight excluding hydrogens is 226 g/mol. The van der Waals surface area contributed by atoms with E-state index in [1.54, 1.807) is 0 Å². The zero-order chi connectivity index (χ0) is 12.7. The van der Waals surface area contributed by atoms with E-state index in [-0.39, 0.29) is 18.8 Å². The average molecular weight is 237 g/mol. The van der Waals surface area contributed by atoms with Gasteiger partial charge < -0.3 is 14.5 Å². The number of H-pyrrole nitrogens is 1. The Labute approximate surface area is 96.9 Å². The van der Waals surface area contributed by atoms with Gasteiger partial charge in [0.15, 0.2) is 0 Å². The molecule has 0 atom stereocenters. The van der Waals surface area contributed by atoms with Gasteiger partial charge in [0.1, 0.15) is 18.8 Å². The number of hydrogen-bond acceptors (Lipinski definition) is 5. The molecule has 0 unspecified atom stereocenters. The highest BCUT2D eigenvalue weighted by atomic mass is 16.6. The first-order chi connectivity index (χ1) is 8.15. The molecule has 1 aromatic heterocycles. The Morgan fingerprint density at radius 1 is 1.35 bits per heavy atom. The third-order valence-electron chi connectivity index (χ3n) is 1.77. The van der Waals surface area contributed by atoms with Crippen LogP contribution in [0.2, 0.25) is 0 Å². The summed E-state index contributed by atoms with van der Waals surface area (Å²) < 4.78 is 9.32. The maximum Gasteiger partial charge on any atom is 0.343 e. The van der Waals surface area contributed by atoms with E-state index < -0.39 is 17.5 Å². The highest BCUT2D eigenvalue weighted by Crippen LogP contribution is 1.93. The maximum absolute atomic E-state index is 11.4. The van der Waals surface area contributed by atoms with Crippen LogP contribution in [0.15, 0.2) is 35.8 Å². The third-order valence-corrected chi connectivity index (χ3v) is 1.77. The second kappa shape index (κ2) is 6.26. The van der Waals surface area contributed by atoms with Crippen LogP contribution < -0.4 is 5.56 Å². The van der Waals surface area contributed by atoms with Crippen molar-refractivity contribution in [2.75, 3.05) is 13.2 Å². The fourth-order valence-corrected chi connectivity index (χ4v) is 0.996. The van der Waals surface area contributed by atoms with Crippen molar-refractivity contribution in [2.45, 2.75) is 0 Å².